The molecule has 3 aromatic rings. The fraction of sp³-hybridized carbons (Fsp3) is 0.150. The molecule has 1 heterocycles. The van der Waals surface area contributed by atoms with Gasteiger partial charge in [0.15, 0.2) is 5.75 Å². The summed E-state index contributed by atoms with van der Waals surface area (Å²) in [7, 11) is 0. The van der Waals surface area contributed by atoms with Crippen LogP contribution in [0, 0.1) is 12.7 Å². The standard InChI is InChI=1S/C20H17ClFNO2/c1-14-20(25-13-15-6-3-2-4-7-15)19(24)10-11-23(14)12-16-17(21)8-5-9-18(16)22/h2-11H,12-13H2,1H3. The van der Waals surface area contributed by atoms with Crippen molar-refractivity contribution in [2.24, 2.45) is 0 Å². The van der Waals surface area contributed by atoms with Gasteiger partial charge in [-0.2, -0.15) is 0 Å². The zero-order valence-electron chi connectivity index (χ0n) is 13.7. The predicted octanol–water partition coefficient (Wildman–Crippen LogP) is 4.58. The minimum Gasteiger partial charge on any atom is -0.483 e. The van der Waals surface area contributed by atoms with E-state index in [2.05, 4.69) is 0 Å². The van der Waals surface area contributed by atoms with E-state index >= 15 is 0 Å². The van der Waals surface area contributed by atoms with Crippen molar-refractivity contribution < 1.29 is 9.13 Å². The van der Waals surface area contributed by atoms with Gasteiger partial charge in [0.05, 0.1) is 12.2 Å². The first-order chi connectivity index (χ1) is 12.1. The summed E-state index contributed by atoms with van der Waals surface area (Å²) in [5, 5.41) is 0.352. The maximum Gasteiger partial charge on any atom is 0.223 e. The Morgan fingerprint density at radius 2 is 1.84 bits per heavy atom. The summed E-state index contributed by atoms with van der Waals surface area (Å²) >= 11 is 6.10. The average molecular weight is 358 g/mol. The van der Waals surface area contributed by atoms with E-state index in [0.29, 0.717) is 22.9 Å². The van der Waals surface area contributed by atoms with Crippen LogP contribution in [0.25, 0.3) is 0 Å². The van der Waals surface area contributed by atoms with Crippen LogP contribution in [-0.4, -0.2) is 4.57 Å². The Balaban J connectivity index is 1.88. The number of hydrogen-bond acceptors (Lipinski definition) is 2. The highest BCUT2D eigenvalue weighted by molar-refractivity contribution is 6.31. The van der Waals surface area contributed by atoms with E-state index in [1.54, 1.807) is 29.8 Å². The smallest absolute Gasteiger partial charge is 0.223 e. The molecule has 0 unspecified atom stereocenters. The summed E-state index contributed by atoms with van der Waals surface area (Å²) in [4.78, 5) is 12.2. The second-order valence-electron chi connectivity index (χ2n) is 5.70. The van der Waals surface area contributed by atoms with E-state index in [9.17, 15) is 9.18 Å². The Bertz CT molecular complexity index is 918. The molecule has 5 heteroatoms. The molecule has 0 aliphatic rings. The third-order valence-corrected chi connectivity index (χ3v) is 4.36. The molecular formula is C20H17ClFNO2. The molecule has 0 saturated heterocycles. The van der Waals surface area contributed by atoms with E-state index in [-0.39, 0.29) is 23.5 Å². The highest BCUT2D eigenvalue weighted by Gasteiger charge is 2.12. The van der Waals surface area contributed by atoms with Gasteiger partial charge in [-0.15, -0.1) is 0 Å². The molecule has 0 atom stereocenters. The topological polar surface area (TPSA) is 31.2 Å². The number of rotatable bonds is 5. The molecule has 0 aliphatic carbocycles. The minimum absolute atomic E-state index is 0.204. The van der Waals surface area contributed by atoms with E-state index in [1.807, 2.05) is 30.3 Å². The highest BCUT2D eigenvalue weighted by Crippen LogP contribution is 2.22. The molecule has 0 amide bonds. The largest absolute Gasteiger partial charge is 0.483 e. The molecule has 3 rings (SSSR count). The van der Waals surface area contributed by atoms with Gasteiger partial charge in [0.2, 0.25) is 5.43 Å². The molecule has 0 saturated carbocycles. The average Bonchev–Trinajstić information content (AvgIpc) is 2.61. The fourth-order valence-corrected chi connectivity index (χ4v) is 2.81. The lowest BCUT2D eigenvalue weighted by Gasteiger charge is -2.16. The second-order valence-corrected chi connectivity index (χ2v) is 6.10. The summed E-state index contributed by atoms with van der Waals surface area (Å²) in [6, 6.07) is 15.6. The van der Waals surface area contributed by atoms with Crippen LogP contribution in [-0.2, 0) is 13.2 Å². The molecular weight excluding hydrogens is 341 g/mol. The van der Waals surface area contributed by atoms with Crippen molar-refractivity contribution >= 4 is 11.6 Å². The number of ether oxygens (including phenoxy) is 1. The summed E-state index contributed by atoms with van der Waals surface area (Å²) in [5.74, 6) is -0.115. The molecule has 0 radical (unpaired) electrons. The van der Waals surface area contributed by atoms with Gasteiger partial charge in [-0.25, -0.2) is 4.39 Å². The molecule has 0 fully saturated rings. The summed E-state index contributed by atoms with van der Waals surface area (Å²) in [6.07, 6.45) is 1.62. The van der Waals surface area contributed by atoms with Gasteiger partial charge in [-0.1, -0.05) is 48.0 Å². The quantitative estimate of drug-likeness (QED) is 0.669. The van der Waals surface area contributed by atoms with Gasteiger partial charge in [0.1, 0.15) is 12.4 Å². The summed E-state index contributed by atoms with van der Waals surface area (Å²) in [5.41, 5.74) is 1.77. The third-order valence-electron chi connectivity index (χ3n) is 4.01. The van der Waals surface area contributed by atoms with E-state index in [4.69, 9.17) is 16.3 Å². The highest BCUT2D eigenvalue weighted by atomic mass is 35.5. The molecule has 1 aromatic heterocycles. The van der Waals surface area contributed by atoms with Gasteiger partial charge < -0.3 is 9.30 Å². The van der Waals surface area contributed by atoms with E-state index in [0.717, 1.165) is 5.56 Å². The van der Waals surface area contributed by atoms with Gasteiger partial charge in [-0.3, -0.25) is 4.79 Å². The fourth-order valence-electron chi connectivity index (χ4n) is 2.58. The number of halogens is 2. The lowest BCUT2D eigenvalue weighted by atomic mass is 10.2. The molecule has 128 valence electrons. The van der Waals surface area contributed by atoms with Crippen LogP contribution >= 0.6 is 11.6 Å². The maximum atomic E-state index is 14.0. The zero-order valence-corrected chi connectivity index (χ0v) is 14.5. The van der Waals surface area contributed by atoms with Gasteiger partial charge in [0.25, 0.3) is 0 Å². The molecule has 3 nitrogen and oxygen atoms in total. The lowest BCUT2D eigenvalue weighted by Crippen LogP contribution is -2.16. The van der Waals surface area contributed by atoms with Crippen LogP contribution < -0.4 is 10.2 Å². The first kappa shape index (κ1) is 17.2. The van der Waals surface area contributed by atoms with Crippen molar-refractivity contribution in [1.82, 2.24) is 4.57 Å². The Kier molecular flexibility index (Phi) is 5.19. The first-order valence-corrected chi connectivity index (χ1v) is 8.23. The van der Waals surface area contributed by atoms with Crippen molar-refractivity contribution in [3.63, 3.8) is 0 Å². The number of hydrogen-bond donors (Lipinski definition) is 0. The molecule has 0 bridgehead atoms. The number of nitrogens with zero attached hydrogens (tertiary/aromatic N) is 1. The minimum atomic E-state index is -0.377. The van der Waals surface area contributed by atoms with E-state index in [1.165, 1.54) is 12.1 Å². The lowest BCUT2D eigenvalue weighted by molar-refractivity contribution is 0.297. The van der Waals surface area contributed by atoms with Crippen LogP contribution in [0.5, 0.6) is 5.75 Å². The van der Waals surface area contributed by atoms with Crippen LogP contribution in [0.2, 0.25) is 5.02 Å². The Labute approximate surface area is 150 Å². The Morgan fingerprint density at radius 3 is 2.56 bits per heavy atom. The monoisotopic (exact) mass is 357 g/mol. The van der Waals surface area contributed by atoms with Gasteiger partial charge >= 0.3 is 0 Å². The molecule has 0 spiro atoms. The first-order valence-electron chi connectivity index (χ1n) is 7.86. The van der Waals surface area contributed by atoms with Crippen LogP contribution in [0.3, 0.4) is 0 Å². The van der Waals surface area contributed by atoms with Crippen molar-refractivity contribution in [1.29, 1.82) is 0 Å². The molecule has 0 aliphatic heterocycles. The van der Waals surface area contributed by atoms with Crippen molar-refractivity contribution in [2.75, 3.05) is 0 Å². The number of aromatic nitrogens is 1. The number of pyridine rings is 1. The SMILES string of the molecule is Cc1c(OCc2ccccc2)c(=O)ccn1Cc1c(F)cccc1Cl. The molecule has 2 aromatic carbocycles. The van der Waals surface area contributed by atoms with Gasteiger partial charge in [0, 0.05) is 22.8 Å². The van der Waals surface area contributed by atoms with Crippen molar-refractivity contribution in [3.8, 4) is 5.75 Å². The predicted molar refractivity (Wildman–Crippen MR) is 96.7 cm³/mol. The van der Waals surface area contributed by atoms with Crippen LogP contribution in [0.4, 0.5) is 4.39 Å². The Hall–Kier alpha value is -2.59. The normalized spacial score (nSPS) is 10.7. The van der Waals surface area contributed by atoms with Crippen LogP contribution in [0.15, 0.2) is 65.6 Å². The molecule has 25 heavy (non-hydrogen) atoms. The molecule has 0 N–H and O–H groups in total. The summed E-state index contributed by atoms with van der Waals surface area (Å²) in [6.45, 7) is 2.29. The Morgan fingerprint density at radius 1 is 1.08 bits per heavy atom. The summed E-state index contributed by atoms with van der Waals surface area (Å²) < 4.78 is 21.5. The van der Waals surface area contributed by atoms with E-state index < -0.39 is 0 Å². The van der Waals surface area contributed by atoms with Crippen molar-refractivity contribution in [2.45, 2.75) is 20.1 Å². The van der Waals surface area contributed by atoms with Gasteiger partial charge in [-0.05, 0) is 24.6 Å². The number of benzene rings is 2. The maximum absolute atomic E-state index is 14.0. The zero-order chi connectivity index (χ0) is 17.8. The van der Waals surface area contributed by atoms with Crippen LogP contribution in [0.1, 0.15) is 16.8 Å². The second kappa shape index (κ2) is 7.53. The van der Waals surface area contributed by atoms with Crippen molar-refractivity contribution in [3.05, 3.63) is 98.7 Å². The third kappa shape index (κ3) is 3.91.